The molecule has 3 aromatic rings. The Morgan fingerprint density at radius 1 is 1.21 bits per heavy atom. The van der Waals surface area contributed by atoms with E-state index in [0.717, 1.165) is 10.2 Å². The maximum absolute atomic E-state index is 10.6. The van der Waals surface area contributed by atoms with Crippen LogP contribution < -0.4 is 5.43 Å². The Morgan fingerprint density at radius 2 is 1.96 bits per heavy atom. The van der Waals surface area contributed by atoms with Gasteiger partial charge in [-0.05, 0) is 31.2 Å². The van der Waals surface area contributed by atoms with Gasteiger partial charge >= 0.3 is 0 Å². The SMILES string of the molecule is C/C(N=Nc1nc2ccccc2s1)=N/Nc1ccc([N+](=O)[O-])cc1. The third-order valence-electron chi connectivity index (χ3n) is 2.99. The number of nitrogens with one attached hydrogen (secondary N) is 1. The van der Waals surface area contributed by atoms with Crippen molar-refractivity contribution in [1.29, 1.82) is 0 Å². The van der Waals surface area contributed by atoms with Crippen molar-refractivity contribution in [3.8, 4) is 0 Å². The molecule has 0 saturated carbocycles. The minimum Gasteiger partial charge on any atom is -0.277 e. The van der Waals surface area contributed by atoms with Crippen molar-refractivity contribution in [2.75, 3.05) is 5.43 Å². The van der Waals surface area contributed by atoms with Crippen LogP contribution >= 0.6 is 11.3 Å². The minimum absolute atomic E-state index is 0.0248. The molecule has 8 nitrogen and oxygen atoms in total. The van der Waals surface area contributed by atoms with Crippen LogP contribution in [-0.2, 0) is 0 Å². The van der Waals surface area contributed by atoms with Crippen molar-refractivity contribution in [2.24, 2.45) is 15.3 Å². The van der Waals surface area contributed by atoms with Crippen molar-refractivity contribution >= 4 is 43.9 Å². The Morgan fingerprint density at radius 3 is 2.67 bits per heavy atom. The molecule has 1 heterocycles. The van der Waals surface area contributed by atoms with Gasteiger partial charge in [0, 0.05) is 12.1 Å². The van der Waals surface area contributed by atoms with Crippen LogP contribution in [0.5, 0.6) is 0 Å². The number of nitro benzene ring substituents is 1. The van der Waals surface area contributed by atoms with Crippen molar-refractivity contribution in [1.82, 2.24) is 4.98 Å². The summed E-state index contributed by atoms with van der Waals surface area (Å²) in [5.74, 6) is 0.410. The number of fused-ring (bicyclic) bond motifs is 1. The average Bonchev–Trinajstić information content (AvgIpc) is 3.01. The highest BCUT2D eigenvalue weighted by molar-refractivity contribution is 7.21. The van der Waals surface area contributed by atoms with Gasteiger partial charge in [-0.3, -0.25) is 15.5 Å². The number of azo groups is 1. The molecule has 2 aromatic carbocycles. The zero-order valence-electron chi connectivity index (χ0n) is 12.6. The van der Waals surface area contributed by atoms with Crippen LogP contribution in [0.25, 0.3) is 10.2 Å². The van der Waals surface area contributed by atoms with Crippen molar-refractivity contribution in [3.05, 3.63) is 58.6 Å². The molecule has 120 valence electrons. The first-order valence-electron chi connectivity index (χ1n) is 6.94. The number of hydrazone groups is 1. The Hall–Kier alpha value is -3.20. The van der Waals surface area contributed by atoms with Crippen LogP contribution in [-0.4, -0.2) is 15.7 Å². The molecule has 0 aliphatic carbocycles. The van der Waals surface area contributed by atoms with E-state index in [1.165, 1.54) is 23.5 Å². The Kier molecular flexibility index (Phi) is 4.52. The first kappa shape index (κ1) is 15.7. The molecule has 0 bridgehead atoms. The summed E-state index contributed by atoms with van der Waals surface area (Å²) in [6.07, 6.45) is 0. The molecule has 9 heteroatoms. The van der Waals surface area contributed by atoms with Gasteiger partial charge in [-0.15, -0.1) is 10.2 Å². The second kappa shape index (κ2) is 6.92. The summed E-state index contributed by atoms with van der Waals surface area (Å²) in [5.41, 5.74) is 4.30. The number of anilines is 1. The predicted molar refractivity (Wildman–Crippen MR) is 94.0 cm³/mol. The fourth-order valence-corrected chi connectivity index (χ4v) is 2.63. The summed E-state index contributed by atoms with van der Waals surface area (Å²) < 4.78 is 1.05. The maximum atomic E-state index is 10.6. The molecule has 0 unspecified atom stereocenters. The zero-order chi connectivity index (χ0) is 16.9. The molecule has 0 aliphatic heterocycles. The van der Waals surface area contributed by atoms with Gasteiger partial charge in [0.2, 0.25) is 5.13 Å². The summed E-state index contributed by atoms with van der Waals surface area (Å²) in [6, 6.07) is 13.7. The minimum atomic E-state index is -0.454. The Labute approximate surface area is 140 Å². The van der Waals surface area contributed by atoms with E-state index >= 15 is 0 Å². The first-order chi connectivity index (χ1) is 11.6. The summed E-state index contributed by atoms with van der Waals surface area (Å²) >= 11 is 1.45. The lowest BCUT2D eigenvalue weighted by Crippen LogP contribution is -1.94. The number of para-hydroxylation sites is 1. The van der Waals surface area contributed by atoms with Crippen LogP contribution in [0.4, 0.5) is 16.5 Å². The quantitative estimate of drug-likeness (QED) is 0.243. The summed E-state index contributed by atoms with van der Waals surface area (Å²) in [7, 11) is 0. The lowest BCUT2D eigenvalue weighted by Gasteiger charge is -1.99. The van der Waals surface area contributed by atoms with E-state index in [2.05, 4.69) is 25.7 Å². The van der Waals surface area contributed by atoms with Crippen molar-refractivity contribution in [3.63, 3.8) is 0 Å². The zero-order valence-corrected chi connectivity index (χ0v) is 13.4. The number of benzene rings is 2. The van der Waals surface area contributed by atoms with E-state index in [1.54, 1.807) is 19.1 Å². The van der Waals surface area contributed by atoms with Gasteiger partial charge in [-0.1, -0.05) is 23.5 Å². The van der Waals surface area contributed by atoms with Gasteiger partial charge in [0.25, 0.3) is 5.69 Å². The standard InChI is InChI=1S/C15H12N6O2S/c1-10(17-19-11-6-8-12(9-7-11)21(22)23)18-20-15-16-13-4-2-3-5-14(13)24-15/h2-9,19H,1H3/b17-10-,20-18?. The Balaban J connectivity index is 1.66. The third-order valence-corrected chi connectivity index (χ3v) is 3.91. The summed E-state index contributed by atoms with van der Waals surface area (Å²) in [6.45, 7) is 1.69. The molecule has 3 rings (SSSR count). The number of nitrogens with zero attached hydrogens (tertiary/aromatic N) is 5. The molecule has 24 heavy (non-hydrogen) atoms. The van der Waals surface area contributed by atoms with Gasteiger partial charge in [0.05, 0.1) is 20.8 Å². The van der Waals surface area contributed by atoms with E-state index in [4.69, 9.17) is 0 Å². The highest BCUT2D eigenvalue weighted by atomic mass is 32.1. The highest BCUT2D eigenvalue weighted by Gasteiger charge is 2.03. The molecular formula is C15H12N6O2S. The fourth-order valence-electron chi connectivity index (χ4n) is 1.84. The number of thiazole rings is 1. The van der Waals surface area contributed by atoms with Crippen LogP contribution in [0.1, 0.15) is 6.92 Å². The van der Waals surface area contributed by atoms with Crippen molar-refractivity contribution < 1.29 is 4.92 Å². The smallest absolute Gasteiger partial charge is 0.269 e. The number of amidine groups is 1. The second-order valence-electron chi connectivity index (χ2n) is 4.74. The van der Waals surface area contributed by atoms with Crippen molar-refractivity contribution in [2.45, 2.75) is 6.92 Å². The summed E-state index contributed by atoms with van der Waals surface area (Å²) in [5, 5.41) is 23.3. The van der Waals surface area contributed by atoms with Crippen LogP contribution in [0.2, 0.25) is 0 Å². The van der Waals surface area contributed by atoms with Crippen LogP contribution in [0, 0.1) is 10.1 Å². The first-order valence-corrected chi connectivity index (χ1v) is 7.75. The third kappa shape index (κ3) is 3.76. The number of non-ortho nitro benzene ring substituents is 1. The van der Waals surface area contributed by atoms with Crippen LogP contribution in [0.15, 0.2) is 63.9 Å². The molecule has 0 spiro atoms. The van der Waals surface area contributed by atoms with Crippen LogP contribution in [0.3, 0.4) is 0 Å². The number of nitro groups is 1. The van der Waals surface area contributed by atoms with E-state index in [0.29, 0.717) is 16.7 Å². The maximum Gasteiger partial charge on any atom is 0.269 e. The lowest BCUT2D eigenvalue weighted by atomic mass is 10.3. The molecular weight excluding hydrogens is 328 g/mol. The molecule has 0 radical (unpaired) electrons. The normalized spacial score (nSPS) is 12.0. The van der Waals surface area contributed by atoms with Gasteiger partial charge in [0.15, 0.2) is 5.84 Å². The van der Waals surface area contributed by atoms with Gasteiger partial charge in [-0.25, -0.2) is 4.98 Å². The number of hydrogen-bond acceptors (Lipinski definition) is 7. The predicted octanol–water partition coefficient (Wildman–Crippen LogP) is 4.73. The topological polar surface area (TPSA) is 105 Å². The molecule has 0 fully saturated rings. The van der Waals surface area contributed by atoms with E-state index < -0.39 is 4.92 Å². The number of aromatic nitrogens is 1. The van der Waals surface area contributed by atoms with E-state index in [9.17, 15) is 10.1 Å². The average molecular weight is 340 g/mol. The number of rotatable bonds is 4. The lowest BCUT2D eigenvalue weighted by molar-refractivity contribution is -0.384. The van der Waals surface area contributed by atoms with E-state index in [1.807, 2.05) is 24.3 Å². The summed E-state index contributed by atoms with van der Waals surface area (Å²) in [4.78, 5) is 14.5. The fraction of sp³-hybridized carbons (Fsp3) is 0.0667. The molecule has 1 aromatic heterocycles. The molecule has 0 amide bonds. The molecule has 1 N–H and O–H groups in total. The number of hydrogen-bond donors (Lipinski definition) is 1. The van der Waals surface area contributed by atoms with Gasteiger partial charge in [-0.2, -0.15) is 5.10 Å². The Bertz CT molecular complexity index is 900. The van der Waals surface area contributed by atoms with E-state index in [-0.39, 0.29) is 5.69 Å². The largest absolute Gasteiger partial charge is 0.277 e. The van der Waals surface area contributed by atoms with Gasteiger partial charge in [0.1, 0.15) is 0 Å². The molecule has 0 saturated heterocycles. The molecule has 0 aliphatic rings. The highest BCUT2D eigenvalue weighted by Crippen LogP contribution is 2.27. The molecule has 0 atom stereocenters. The second-order valence-corrected chi connectivity index (χ2v) is 5.75. The monoisotopic (exact) mass is 340 g/mol. The van der Waals surface area contributed by atoms with Gasteiger partial charge < -0.3 is 0 Å².